The second-order valence-corrected chi connectivity index (χ2v) is 7.18. The minimum atomic E-state index is -0.274. The molecule has 2 amide bonds. The molecule has 0 bridgehead atoms. The van der Waals surface area contributed by atoms with Crippen LogP contribution in [0.4, 0.5) is 4.79 Å². The fourth-order valence-corrected chi connectivity index (χ4v) is 3.91. The molecule has 0 unspecified atom stereocenters. The molecule has 0 aliphatic carbocycles. The van der Waals surface area contributed by atoms with Gasteiger partial charge in [0.1, 0.15) is 5.75 Å². The van der Waals surface area contributed by atoms with E-state index < -0.39 is 0 Å². The second-order valence-electron chi connectivity index (χ2n) is 6.19. The van der Waals surface area contributed by atoms with Crippen molar-refractivity contribution in [1.29, 1.82) is 0 Å². The summed E-state index contributed by atoms with van der Waals surface area (Å²) in [6.45, 7) is 0.263. The van der Waals surface area contributed by atoms with Gasteiger partial charge in [0, 0.05) is 5.56 Å². The largest absolute Gasteiger partial charge is 0.496 e. The molecule has 0 aromatic heterocycles. The molecule has 3 aromatic rings. The zero-order valence-electron chi connectivity index (χ0n) is 14.7. The molecule has 1 saturated heterocycles. The van der Waals surface area contributed by atoms with Crippen LogP contribution in [0, 0.1) is 0 Å². The average Bonchev–Trinajstić information content (AvgIpc) is 2.96. The van der Waals surface area contributed by atoms with Gasteiger partial charge in [-0.15, -0.1) is 0 Å². The van der Waals surface area contributed by atoms with E-state index in [2.05, 4.69) is 0 Å². The summed E-state index contributed by atoms with van der Waals surface area (Å²) in [6.07, 6.45) is 1.71. The molecule has 5 heteroatoms. The molecule has 1 fully saturated rings. The Morgan fingerprint density at radius 2 is 1.70 bits per heavy atom. The maximum absolute atomic E-state index is 12.8. The lowest BCUT2D eigenvalue weighted by Gasteiger charge is -2.13. The number of thioether (sulfide) groups is 1. The minimum Gasteiger partial charge on any atom is -0.496 e. The third-order valence-electron chi connectivity index (χ3n) is 4.45. The van der Waals surface area contributed by atoms with E-state index >= 15 is 0 Å². The molecule has 3 aromatic carbocycles. The van der Waals surface area contributed by atoms with E-state index in [0.717, 1.165) is 33.7 Å². The van der Waals surface area contributed by atoms with Gasteiger partial charge in [-0.2, -0.15) is 0 Å². The van der Waals surface area contributed by atoms with Crippen molar-refractivity contribution in [2.45, 2.75) is 6.54 Å². The third kappa shape index (κ3) is 3.46. The quantitative estimate of drug-likeness (QED) is 0.596. The highest BCUT2D eigenvalue weighted by Gasteiger charge is 2.35. The first-order valence-electron chi connectivity index (χ1n) is 8.52. The van der Waals surface area contributed by atoms with Crippen LogP contribution in [0.5, 0.6) is 5.75 Å². The van der Waals surface area contributed by atoms with E-state index in [1.807, 2.05) is 66.7 Å². The minimum absolute atomic E-state index is 0.255. The van der Waals surface area contributed by atoms with Crippen LogP contribution in [0.25, 0.3) is 16.8 Å². The number of ether oxygens (including phenoxy) is 1. The average molecular weight is 375 g/mol. The van der Waals surface area contributed by atoms with Gasteiger partial charge in [-0.25, -0.2) is 0 Å². The van der Waals surface area contributed by atoms with Crippen molar-refractivity contribution in [3.05, 3.63) is 82.8 Å². The van der Waals surface area contributed by atoms with Crippen LogP contribution >= 0.6 is 11.8 Å². The van der Waals surface area contributed by atoms with Crippen molar-refractivity contribution in [3.63, 3.8) is 0 Å². The molecule has 0 radical (unpaired) electrons. The highest BCUT2D eigenvalue weighted by molar-refractivity contribution is 8.18. The SMILES string of the molecule is COc1ccccc1/C=C1\SC(=O)N(Cc2ccc3ccccc3c2)C1=O. The number of para-hydroxylation sites is 1. The van der Waals surface area contributed by atoms with Gasteiger partial charge >= 0.3 is 0 Å². The van der Waals surface area contributed by atoms with E-state index in [0.29, 0.717) is 10.7 Å². The molecule has 4 nitrogen and oxygen atoms in total. The highest BCUT2D eigenvalue weighted by Crippen LogP contribution is 2.35. The fourth-order valence-electron chi connectivity index (χ4n) is 3.08. The van der Waals surface area contributed by atoms with Crippen LogP contribution in [0.2, 0.25) is 0 Å². The van der Waals surface area contributed by atoms with E-state index in [9.17, 15) is 9.59 Å². The van der Waals surface area contributed by atoms with Gasteiger partial charge in [-0.05, 0) is 46.3 Å². The lowest BCUT2D eigenvalue weighted by atomic mass is 10.1. The Bertz CT molecular complexity index is 1070. The number of rotatable bonds is 4. The first kappa shape index (κ1) is 17.4. The zero-order valence-corrected chi connectivity index (χ0v) is 15.5. The number of carbonyl (C=O) groups is 2. The zero-order chi connectivity index (χ0) is 18.8. The van der Waals surface area contributed by atoms with Crippen molar-refractivity contribution >= 4 is 39.8 Å². The monoisotopic (exact) mass is 375 g/mol. The fraction of sp³-hybridized carbons (Fsp3) is 0.0909. The van der Waals surface area contributed by atoms with Crippen molar-refractivity contribution in [1.82, 2.24) is 4.90 Å². The first-order valence-corrected chi connectivity index (χ1v) is 9.33. The topological polar surface area (TPSA) is 46.6 Å². The van der Waals surface area contributed by atoms with Gasteiger partial charge in [0.05, 0.1) is 18.6 Å². The van der Waals surface area contributed by atoms with Gasteiger partial charge in [-0.1, -0.05) is 54.6 Å². The van der Waals surface area contributed by atoms with Crippen LogP contribution in [0.1, 0.15) is 11.1 Å². The number of imide groups is 1. The predicted octanol–water partition coefficient (Wildman–Crippen LogP) is 5.08. The number of carbonyl (C=O) groups excluding carboxylic acids is 2. The summed E-state index contributed by atoms with van der Waals surface area (Å²) >= 11 is 0.962. The van der Waals surface area contributed by atoms with E-state index in [1.54, 1.807) is 13.2 Å². The Labute approximate surface area is 161 Å². The van der Waals surface area contributed by atoms with Crippen molar-refractivity contribution < 1.29 is 14.3 Å². The lowest BCUT2D eigenvalue weighted by molar-refractivity contribution is -0.123. The number of hydrogen-bond acceptors (Lipinski definition) is 4. The maximum Gasteiger partial charge on any atom is 0.293 e. The van der Waals surface area contributed by atoms with Gasteiger partial charge in [0.25, 0.3) is 11.1 Å². The molecule has 1 aliphatic heterocycles. The highest BCUT2D eigenvalue weighted by atomic mass is 32.2. The van der Waals surface area contributed by atoms with Gasteiger partial charge < -0.3 is 4.74 Å². The van der Waals surface area contributed by atoms with Crippen LogP contribution in [0.3, 0.4) is 0 Å². The van der Waals surface area contributed by atoms with Crippen LogP contribution in [-0.2, 0) is 11.3 Å². The van der Waals surface area contributed by atoms with Gasteiger partial charge in [0.15, 0.2) is 0 Å². The van der Waals surface area contributed by atoms with Crippen LogP contribution < -0.4 is 4.74 Å². The Morgan fingerprint density at radius 3 is 2.52 bits per heavy atom. The lowest BCUT2D eigenvalue weighted by Crippen LogP contribution is -2.27. The maximum atomic E-state index is 12.8. The summed E-state index contributed by atoms with van der Waals surface area (Å²) in [5.41, 5.74) is 1.70. The molecule has 1 heterocycles. The van der Waals surface area contributed by atoms with Crippen molar-refractivity contribution in [2.24, 2.45) is 0 Å². The van der Waals surface area contributed by atoms with Gasteiger partial charge in [-0.3, -0.25) is 14.5 Å². The Hall–Kier alpha value is -3.05. The smallest absolute Gasteiger partial charge is 0.293 e. The Morgan fingerprint density at radius 1 is 0.963 bits per heavy atom. The molecule has 134 valence electrons. The second kappa shape index (κ2) is 7.29. The summed E-state index contributed by atoms with van der Waals surface area (Å²) in [5.74, 6) is 0.392. The molecule has 27 heavy (non-hydrogen) atoms. The van der Waals surface area contributed by atoms with Crippen molar-refractivity contribution in [3.8, 4) is 5.75 Å². The molecule has 4 rings (SSSR count). The first-order chi connectivity index (χ1) is 13.2. The number of methoxy groups -OCH3 is 1. The standard InChI is InChI=1S/C22H17NO3S/c1-26-19-9-5-4-8-18(19)13-20-21(24)23(22(25)27-20)14-15-10-11-16-6-2-3-7-17(16)12-15/h2-13H,14H2,1H3/b20-13-. The van der Waals surface area contributed by atoms with Crippen LogP contribution in [-0.4, -0.2) is 23.2 Å². The molecule has 0 spiro atoms. The number of fused-ring (bicyclic) bond motifs is 1. The normalized spacial score (nSPS) is 15.7. The molecule has 0 N–H and O–H groups in total. The predicted molar refractivity (Wildman–Crippen MR) is 108 cm³/mol. The Balaban J connectivity index is 1.60. The summed E-state index contributed by atoms with van der Waals surface area (Å²) in [5, 5.41) is 1.97. The molecule has 0 atom stereocenters. The molecular formula is C22H17NO3S. The van der Waals surface area contributed by atoms with E-state index in [-0.39, 0.29) is 17.7 Å². The Kier molecular flexibility index (Phi) is 4.69. The van der Waals surface area contributed by atoms with E-state index in [4.69, 9.17) is 4.74 Å². The van der Waals surface area contributed by atoms with Crippen LogP contribution in [0.15, 0.2) is 71.6 Å². The number of nitrogens with zero attached hydrogens (tertiary/aromatic N) is 1. The van der Waals surface area contributed by atoms with Gasteiger partial charge in [0.2, 0.25) is 0 Å². The summed E-state index contributed by atoms with van der Waals surface area (Å²) < 4.78 is 5.32. The number of benzene rings is 3. The number of amides is 2. The summed E-state index contributed by atoms with van der Waals surface area (Å²) in [4.78, 5) is 26.9. The summed E-state index contributed by atoms with van der Waals surface area (Å²) in [6, 6.07) is 21.4. The molecule has 0 saturated carbocycles. The third-order valence-corrected chi connectivity index (χ3v) is 5.36. The van der Waals surface area contributed by atoms with Crippen molar-refractivity contribution in [2.75, 3.05) is 7.11 Å². The summed E-state index contributed by atoms with van der Waals surface area (Å²) in [7, 11) is 1.58. The molecular weight excluding hydrogens is 358 g/mol. The van der Waals surface area contributed by atoms with E-state index in [1.165, 1.54) is 4.90 Å². The molecule has 1 aliphatic rings. The number of hydrogen-bond donors (Lipinski definition) is 0.